The van der Waals surface area contributed by atoms with Gasteiger partial charge in [0, 0.05) is 13.1 Å². The summed E-state index contributed by atoms with van der Waals surface area (Å²) in [6.07, 6.45) is 1.84. The Morgan fingerprint density at radius 1 is 1.17 bits per heavy atom. The third-order valence-corrected chi connectivity index (χ3v) is 5.08. The second-order valence-corrected chi connectivity index (χ2v) is 6.86. The van der Waals surface area contributed by atoms with Crippen molar-refractivity contribution in [2.45, 2.75) is 25.6 Å². The number of carbonyl (C=O) groups excluding carboxylic acids is 1. The molecule has 2 aromatic rings. The normalized spacial score (nSPS) is 17.7. The minimum Gasteiger partial charge on any atom is -0.477 e. The first-order chi connectivity index (χ1) is 11.6. The van der Waals surface area contributed by atoms with Gasteiger partial charge in [0.2, 0.25) is 0 Å². The van der Waals surface area contributed by atoms with Gasteiger partial charge in [-0.2, -0.15) is 0 Å². The van der Waals surface area contributed by atoms with Gasteiger partial charge in [0.25, 0.3) is 5.91 Å². The molecule has 126 valence electrons. The summed E-state index contributed by atoms with van der Waals surface area (Å²) in [6.45, 7) is 1.77. The number of aromatic carboxylic acids is 1. The highest BCUT2D eigenvalue weighted by atomic mass is 32.1. The fourth-order valence-electron chi connectivity index (χ4n) is 2.77. The average Bonchev–Trinajstić information content (AvgIpc) is 3.11. The molecule has 1 N–H and O–H groups in total. The Labute approximate surface area is 144 Å². The van der Waals surface area contributed by atoms with Crippen LogP contribution in [0.1, 0.15) is 37.7 Å². The smallest absolute Gasteiger partial charge is 0.345 e. The van der Waals surface area contributed by atoms with Crippen LogP contribution in [0.25, 0.3) is 0 Å². The van der Waals surface area contributed by atoms with Gasteiger partial charge in [-0.05, 0) is 30.5 Å². The zero-order valence-electron chi connectivity index (χ0n) is 13.2. The van der Waals surface area contributed by atoms with E-state index in [9.17, 15) is 9.59 Å². The highest BCUT2D eigenvalue weighted by Crippen LogP contribution is 2.22. The Morgan fingerprint density at radius 2 is 1.92 bits per heavy atom. The number of carbonyl (C=O) groups is 2. The number of hydrogen-bond acceptors (Lipinski definition) is 4. The van der Waals surface area contributed by atoms with Crippen molar-refractivity contribution in [1.82, 2.24) is 4.90 Å². The number of ether oxygens (including phenoxy) is 1. The zero-order valence-corrected chi connectivity index (χ0v) is 14.0. The third-order valence-electron chi connectivity index (χ3n) is 4.02. The lowest BCUT2D eigenvalue weighted by Gasteiger charge is -2.32. The number of amides is 1. The lowest BCUT2D eigenvalue weighted by molar-refractivity contribution is -0.00659. The van der Waals surface area contributed by atoms with Gasteiger partial charge in [-0.25, -0.2) is 4.79 Å². The monoisotopic (exact) mass is 345 g/mol. The van der Waals surface area contributed by atoms with Crippen LogP contribution >= 0.6 is 11.3 Å². The molecule has 0 bridgehead atoms. The Kier molecular flexibility index (Phi) is 5.27. The van der Waals surface area contributed by atoms with Crippen molar-refractivity contribution in [2.75, 3.05) is 13.1 Å². The molecular formula is C18H19NO4S. The van der Waals surface area contributed by atoms with Crippen LogP contribution in [-0.2, 0) is 11.3 Å². The number of piperidine rings is 1. The van der Waals surface area contributed by atoms with E-state index in [2.05, 4.69) is 0 Å². The van der Waals surface area contributed by atoms with Gasteiger partial charge in [0.15, 0.2) is 0 Å². The van der Waals surface area contributed by atoms with Crippen molar-refractivity contribution in [3.05, 3.63) is 57.8 Å². The number of rotatable bonds is 5. The van der Waals surface area contributed by atoms with E-state index < -0.39 is 5.97 Å². The van der Waals surface area contributed by atoms with Crippen molar-refractivity contribution < 1.29 is 19.4 Å². The highest BCUT2D eigenvalue weighted by molar-refractivity contribution is 7.15. The van der Waals surface area contributed by atoms with E-state index in [1.807, 2.05) is 30.3 Å². The maximum absolute atomic E-state index is 12.5. The summed E-state index contributed by atoms with van der Waals surface area (Å²) in [5.74, 6) is -1.11. The SMILES string of the molecule is O=C(O)c1ccc(C(=O)N2CCC[C@H](OCc3ccccc3)C2)s1. The second kappa shape index (κ2) is 7.59. The first-order valence-corrected chi connectivity index (χ1v) is 8.73. The van der Waals surface area contributed by atoms with Crippen LogP contribution in [0.5, 0.6) is 0 Å². The van der Waals surface area contributed by atoms with E-state index in [-0.39, 0.29) is 16.9 Å². The van der Waals surface area contributed by atoms with E-state index >= 15 is 0 Å². The van der Waals surface area contributed by atoms with E-state index in [1.165, 1.54) is 6.07 Å². The number of benzene rings is 1. The molecule has 1 aromatic heterocycles. The Bertz CT molecular complexity index is 713. The number of carboxylic acids is 1. The lowest BCUT2D eigenvalue weighted by atomic mass is 10.1. The first-order valence-electron chi connectivity index (χ1n) is 7.91. The van der Waals surface area contributed by atoms with Crippen LogP contribution in [0.2, 0.25) is 0 Å². The van der Waals surface area contributed by atoms with Gasteiger partial charge in [-0.3, -0.25) is 4.79 Å². The maximum Gasteiger partial charge on any atom is 0.345 e. The molecule has 0 unspecified atom stereocenters. The summed E-state index contributed by atoms with van der Waals surface area (Å²) in [7, 11) is 0. The third kappa shape index (κ3) is 4.01. The molecule has 1 aliphatic rings. The van der Waals surface area contributed by atoms with Gasteiger partial charge in [0.05, 0.1) is 17.6 Å². The molecule has 5 nitrogen and oxygen atoms in total. The molecule has 24 heavy (non-hydrogen) atoms. The predicted molar refractivity (Wildman–Crippen MR) is 91.4 cm³/mol. The van der Waals surface area contributed by atoms with E-state index in [4.69, 9.17) is 9.84 Å². The molecule has 1 amide bonds. The Hall–Kier alpha value is -2.18. The molecule has 1 aromatic carbocycles. The maximum atomic E-state index is 12.5. The molecule has 0 radical (unpaired) electrons. The fraction of sp³-hybridized carbons (Fsp3) is 0.333. The summed E-state index contributed by atoms with van der Waals surface area (Å²) in [5.41, 5.74) is 1.12. The summed E-state index contributed by atoms with van der Waals surface area (Å²) >= 11 is 1.02. The number of thiophene rings is 1. The van der Waals surface area contributed by atoms with Crippen LogP contribution in [0.3, 0.4) is 0 Å². The minimum absolute atomic E-state index is 0.0156. The van der Waals surface area contributed by atoms with Gasteiger partial charge >= 0.3 is 5.97 Å². The number of hydrogen-bond donors (Lipinski definition) is 1. The van der Waals surface area contributed by atoms with Crippen LogP contribution in [0, 0.1) is 0 Å². The Morgan fingerprint density at radius 3 is 2.62 bits per heavy atom. The molecule has 0 aliphatic carbocycles. The van der Waals surface area contributed by atoms with Crippen molar-refractivity contribution >= 4 is 23.2 Å². The average molecular weight is 345 g/mol. The van der Waals surface area contributed by atoms with Crippen molar-refractivity contribution in [3.63, 3.8) is 0 Å². The quantitative estimate of drug-likeness (QED) is 0.903. The van der Waals surface area contributed by atoms with Crippen LogP contribution < -0.4 is 0 Å². The van der Waals surface area contributed by atoms with Crippen molar-refractivity contribution in [1.29, 1.82) is 0 Å². The minimum atomic E-state index is -0.998. The number of nitrogens with zero attached hydrogens (tertiary/aromatic N) is 1. The number of likely N-dealkylation sites (tertiary alicyclic amines) is 1. The van der Waals surface area contributed by atoms with E-state index in [0.717, 1.165) is 29.7 Å². The molecule has 1 saturated heterocycles. The molecular weight excluding hydrogens is 326 g/mol. The van der Waals surface area contributed by atoms with Gasteiger partial charge in [-0.1, -0.05) is 30.3 Å². The molecule has 1 aliphatic heterocycles. The molecule has 1 atom stereocenters. The largest absolute Gasteiger partial charge is 0.477 e. The topological polar surface area (TPSA) is 66.8 Å². The van der Waals surface area contributed by atoms with E-state index in [0.29, 0.717) is 24.6 Å². The second-order valence-electron chi connectivity index (χ2n) is 5.78. The van der Waals surface area contributed by atoms with Crippen molar-refractivity contribution in [2.24, 2.45) is 0 Å². The molecule has 2 heterocycles. The van der Waals surface area contributed by atoms with E-state index in [1.54, 1.807) is 11.0 Å². The van der Waals surface area contributed by atoms with Crippen molar-refractivity contribution in [3.8, 4) is 0 Å². The predicted octanol–water partition coefficient (Wildman–Crippen LogP) is 3.27. The molecule has 0 saturated carbocycles. The molecule has 1 fully saturated rings. The standard InChI is InChI=1S/C18H19NO4S/c20-17(15-8-9-16(24-15)18(21)22)19-10-4-7-14(11-19)23-12-13-5-2-1-3-6-13/h1-3,5-6,8-9,14H,4,7,10-12H2,(H,21,22)/t14-/m0/s1. The number of carboxylic acid groups (broad SMARTS) is 1. The van der Waals surface area contributed by atoms with Crippen LogP contribution in [-0.4, -0.2) is 41.1 Å². The highest BCUT2D eigenvalue weighted by Gasteiger charge is 2.26. The van der Waals surface area contributed by atoms with Gasteiger partial charge in [-0.15, -0.1) is 11.3 Å². The molecule has 0 spiro atoms. The Balaban J connectivity index is 1.58. The summed E-state index contributed by atoms with van der Waals surface area (Å²) in [4.78, 5) is 25.9. The van der Waals surface area contributed by atoms with Gasteiger partial charge in [0.1, 0.15) is 4.88 Å². The summed E-state index contributed by atoms with van der Waals surface area (Å²) in [5, 5.41) is 8.98. The fourth-order valence-corrected chi connectivity index (χ4v) is 3.58. The summed E-state index contributed by atoms with van der Waals surface area (Å²) < 4.78 is 5.94. The molecule has 3 rings (SSSR count). The zero-order chi connectivity index (χ0) is 16.9. The van der Waals surface area contributed by atoms with Gasteiger partial charge < -0.3 is 14.7 Å². The molecule has 6 heteroatoms. The van der Waals surface area contributed by atoms with Crippen LogP contribution in [0.15, 0.2) is 42.5 Å². The van der Waals surface area contributed by atoms with Crippen LogP contribution in [0.4, 0.5) is 0 Å². The lowest BCUT2D eigenvalue weighted by Crippen LogP contribution is -2.42. The first kappa shape index (κ1) is 16.7. The summed E-state index contributed by atoms with van der Waals surface area (Å²) in [6, 6.07) is 13.0.